The molecule has 0 amide bonds. The van der Waals surface area contributed by atoms with Gasteiger partial charge in [0.2, 0.25) is 6.29 Å². The van der Waals surface area contributed by atoms with Crippen molar-refractivity contribution in [3.63, 3.8) is 0 Å². The second kappa shape index (κ2) is 9.29. The summed E-state index contributed by atoms with van der Waals surface area (Å²) in [7, 11) is 2.40. The lowest BCUT2D eigenvalue weighted by atomic mass is 10.2. The molecule has 12 heteroatoms. The van der Waals surface area contributed by atoms with Crippen molar-refractivity contribution in [2.75, 3.05) is 6.61 Å². The third kappa shape index (κ3) is 5.13. The highest BCUT2D eigenvalue weighted by Crippen LogP contribution is 2.37. The predicted molar refractivity (Wildman–Crippen MR) is 116 cm³/mol. The van der Waals surface area contributed by atoms with Crippen LogP contribution in [-0.2, 0) is 20.4 Å². The molecule has 0 N–H and O–H groups in total. The van der Waals surface area contributed by atoms with E-state index in [0.717, 1.165) is 22.5 Å². The Labute approximate surface area is 194 Å². The van der Waals surface area contributed by atoms with Gasteiger partial charge in [0.15, 0.2) is 23.1 Å². The van der Waals surface area contributed by atoms with E-state index in [4.69, 9.17) is 25.8 Å². The molecule has 0 bridgehead atoms. The molecule has 4 rings (SSSR count). The monoisotopic (exact) mass is 498 g/mol. The molecule has 0 saturated heterocycles. The molecule has 1 aromatic carbocycles. The Balaban J connectivity index is 1.62. The number of allylic oxidation sites excluding steroid dienone is 1. The van der Waals surface area contributed by atoms with Crippen LogP contribution in [0.1, 0.15) is 42.0 Å². The van der Waals surface area contributed by atoms with Crippen LogP contribution in [0.2, 0.25) is 5.02 Å². The van der Waals surface area contributed by atoms with Gasteiger partial charge in [-0.15, -0.1) is 0 Å². The van der Waals surface area contributed by atoms with E-state index in [2.05, 4.69) is 24.3 Å². The Morgan fingerprint density at radius 1 is 1.24 bits per heavy atom. The SMILES string of the molecule is CC1=C(OC(P)c2nc(C)nn2-c2cc(Cl)cnc2C(F)(F)F)COC(c2ccccc2)O1. The topological polar surface area (TPSA) is 71.3 Å². The Morgan fingerprint density at radius 3 is 2.64 bits per heavy atom. The zero-order chi connectivity index (χ0) is 23.8. The lowest BCUT2D eigenvalue weighted by Gasteiger charge is -2.28. The first-order valence-electron chi connectivity index (χ1n) is 9.75. The molecule has 2 aromatic heterocycles. The molecule has 3 heterocycles. The van der Waals surface area contributed by atoms with E-state index in [1.165, 1.54) is 0 Å². The summed E-state index contributed by atoms with van der Waals surface area (Å²) in [5.41, 5.74) is -0.643. The molecule has 7 nitrogen and oxygen atoms in total. The number of hydrogen-bond donors (Lipinski definition) is 0. The van der Waals surface area contributed by atoms with Crippen molar-refractivity contribution in [3.05, 3.63) is 82.0 Å². The zero-order valence-electron chi connectivity index (χ0n) is 17.5. The Hall–Kier alpha value is -2.68. The van der Waals surface area contributed by atoms with E-state index in [9.17, 15) is 13.2 Å². The number of alkyl halides is 3. The van der Waals surface area contributed by atoms with Crippen LogP contribution in [0.5, 0.6) is 0 Å². The lowest BCUT2D eigenvalue weighted by Crippen LogP contribution is -2.20. The molecule has 1 aliphatic rings. The van der Waals surface area contributed by atoms with Gasteiger partial charge in [0.25, 0.3) is 0 Å². The largest absolute Gasteiger partial charge is 0.477 e. The molecule has 0 radical (unpaired) electrons. The molecule has 0 aliphatic carbocycles. The molecule has 1 aliphatic heterocycles. The van der Waals surface area contributed by atoms with Crippen molar-refractivity contribution in [1.29, 1.82) is 0 Å². The zero-order valence-corrected chi connectivity index (χ0v) is 19.4. The van der Waals surface area contributed by atoms with Crippen molar-refractivity contribution in [3.8, 4) is 5.69 Å². The summed E-state index contributed by atoms with van der Waals surface area (Å²) in [6.45, 7) is 3.39. The van der Waals surface area contributed by atoms with Crippen molar-refractivity contribution < 1.29 is 27.4 Å². The van der Waals surface area contributed by atoms with Crippen LogP contribution >= 0.6 is 20.8 Å². The summed E-state index contributed by atoms with van der Waals surface area (Å²) >= 11 is 5.93. The molecule has 0 saturated carbocycles. The summed E-state index contributed by atoms with van der Waals surface area (Å²) < 4.78 is 59.2. The molecular formula is C21H19ClF3N4O3P. The Morgan fingerprint density at radius 2 is 1.97 bits per heavy atom. The maximum Gasteiger partial charge on any atom is 0.435 e. The third-order valence-electron chi connectivity index (χ3n) is 4.71. The first-order valence-corrected chi connectivity index (χ1v) is 10.8. The molecule has 174 valence electrons. The summed E-state index contributed by atoms with van der Waals surface area (Å²) in [5.74, 6) is 0.370. The number of ether oxygens (including phenoxy) is 3. The quantitative estimate of drug-likeness (QED) is 0.432. The van der Waals surface area contributed by atoms with Crippen LogP contribution in [0.3, 0.4) is 0 Å². The third-order valence-corrected chi connectivity index (χ3v) is 5.35. The Bertz CT molecular complexity index is 1190. The van der Waals surface area contributed by atoms with Gasteiger partial charge in [-0.2, -0.15) is 18.3 Å². The van der Waals surface area contributed by atoms with E-state index >= 15 is 0 Å². The minimum atomic E-state index is -4.72. The second-order valence-corrected chi connectivity index (χ2v) is 8.18. The minimum Gasteiger partial charge on any atom is -0.477 e. The second-order valence-electron chi connectivity index (χ2n) is 7.14. The van der Waals surface area contributed by atoms with E-state index < -0.39 is 24.0 Å². The van der Waals surface area contributed by atoms with Crippen LogP contribution in [0.4, 0.5) is 13.2 Å². The van der Waals surface area contributed by atoms with Gasteiger partial charge in [0.1, 0.15) is 18.2 Å². The minimum absolute atomic E-state index is 0.0258. The average molecular weight is 499 g/mol. The number of aryl methyl sites for hydroxylation is 1. The number of rotatable bonds is 5. The number of benzene rings is 1. The van der Waals surface area contributed by atoms with E-state index in [1.54, 1.807) is 13.8 Å². The van der Waals surface area contributed by atoms with Crippen LogP contribution < -0.4 is 0 Å². The fourth-order valence-corrected chi connectivity index (χ4v) is 3.74. The highest BCUT2D eigenvalue weighted by Gasteiger charge is 2.37. The van der Waals surface area contributed by atoms with Crippen LogP contribution in [0.15, 0.2) is 54.1 Å². The van der Waals surface area contributed by atoms with Crippen LogP contribution in [0.25, 0.3) is 5.69 Å². The predicted octanol–water partition coefficient (Wildman–Crippen LogP) is 5.51. The average Bonchev–Trinajstić information content (AvgIpc) is 3.16. The van der Waals surface area contributed by atoms with Crippen molar-refractivity contribution in [2.45, 2.75) is 32.2 Å². The number of halogens is 4. The Kier molecular flexibility index (Phi) is 6.61. The highest BCUT2D eigenvalue weighted by molar-refractivity contribution is 7.16. The first-order chi connectivity index (χ1) is 15.6. The van der Waals surface area contributed by atoms with Gasteiger partial charge in [0.05, 0.1) is 10.7 Å². The summed E-state index contributed by atoms with van der Waals surface area (Å²) in [6, 6.07) is 10.5. The number of nitrogens with zero attached hydrogens (tertiary/aromatic N) is 4. The lowest BCUT2D eigenvalue weighted by molar-refractivity contribution is -0.148. The maximum atomic E-state index is 13.6. The van der Waals surface area contributed by atoms with E-state index in [-0.39, 0.29) is 29.0 Å². The maximum absolute atomic E-state index is 13.6. The van der Waals surface area contributed by atoms with Crippen molar-refractivity contribution in [2.24, 2.45) is 0 Å². The van der Waals surface area contributed by atoms with E-state index in [0.29, 0.717) is 11.5 Å². The molecular weight excluding hydrogens is 480 g/mol. The van der Waals surface area contributed by atoms with Gasteiger partial charge in [0, 0.05) is 11.8 Å². The number of aromatic nitrogens is 4. The van der Waals surface area contributed by atoms with Gasteiger partial charge < -0.3 is 14.2 Å². The number of pyridine rings is 1. The van der Waals surface area contributed by atoms with E-state index in [1.807, 2.05) is 30.3 Å². The molecule has 33 heavy (non-hydrogen) atoms. The number of hydrogen-bond acceptors (Lipinski definition) is 6. The van der Waals surface area contributed by atoms with Crippen molar-refractivity contribution >= 4 is 20.8 Å². The molecule has 3 atom stereocenters. The highest BCUT2D eigenvalue weighted by atomic mass is 35.5. The molecule has 0 fully saturated rings. The standard InChI is InChI=1S/C21H19ClF3N4O3P/c1-11-16(10-30-19(31-11)13-6-4-3-5-7-13)32-20(33)18-27-12(2)28-29(18)15-8-14(22)9-26-17(15)21(23,24)25/h3-9,19-20H,10,33H2,1-2H3. The van der Waals surface area contributed by atoms with Gasteiger partial charge >= 0.3 is 6.18 Å². The molecule has 0 spiro atoms. The van der Waals surface area contributed by atoms with Crippen LogP contribution in [0, 0.1) is 6.92 Å². The summed E-state index contributed by atoms with van der Waals surface area (Å²) in [6.07, 6.45) is -4.37. The van der Waals surface area contributed by atoms with Gasteiger partial charge in [-0.1, -0.05) is 51.2 Å². The fourth-order valence-electron chi connectivity index (χ4n) is 3.21. The smallest absolute Gasteiger partial charge is 0.435 e. The fraction of sp³-hybridized carbons (Fsp3) is 0.286. The first kappa shape index (κ1) is 23.5. The van der Waals surface area contributed by atoms with Crippen LogP contribution in [-0.4, -0.2) is 26.4 Å². The van der Waals surface area contributed by atoms with Crippen molar-refractivity contribution in [1.82, 2.24) is 19.7 Å². The normalized spacial score (nSPS) is 17.6. The van der Waals surface area contributed by atoms with Gasteiger partial charge in [-0.05, 0) is 19.9 Å². The molecule has 3 aromatic rings. The van der Waals surface area contributed by atoms with Gasteiger partial charge in [-0.25, -0.2) is 14.6 Å². The molecule has 3 unspecified atom stereocenters. The summed E-state index contributed by atoms with van der Waals surface area (Å²) in [4.78, 5) is 7.71. The summed E-state index contributed by atoms with van der Waals surface area (Å²) in [5, 5.41) is 4.14. The van der Waals surface area contributed by atoms with Gasteiger partial charge in [-0.3, -0.25) is 0 Å².